The molecule has 14 heteroatoms. The van der Waals surface area contributed by atoms with Crippen LogP contribution in [0.25, 0.3) is 0 Å². The molecule has 45 heavy (non-hydrogen) atoms. The second kappa shape index (κ2) is 14.6. The Labute approximate surface area is 269 Å². The third-order valence-corrected chi connectivity index (χ3v) is 8.87. The fraction of sp³-hybridized carbons (Fsp3) is 0.355. The lowest BCUT2D eigenvalue weighted by molar-refractivity contribution is 0.0147. The van der Waals surface area contributed by atoms with Crippen LogP contribution in [-0.2, 0) is 35.8 Å². The minimum Gasteiger partial charge on any atom is -0.462 e. The quantitative estimate of drug-likeness (QED) is 0.244. The lowest BCUT2D eigenvalue weighted by Crippen LogP contribution is -2.40. The molecular weight excluding hydrogens is 644 g/mol. The van der Waals surface area contributed by atoms with E-state index in [-0.39, 0.29) is 40.7 Å². The molecule has 3 rings (SSSR count). The highest BCUT2D eigenvalue weighted by atomic mass is 35.5. The first-order chi connectivity index (χ1) is 20.9. The smallest absolute Gasteiger partial charge is 0.410 e. The molecule has 11 nitrogen and oxygen atoms in total. The largest absolute Gasteiger partial charge is 0.462 e. The van der Waals surface area contributed by atoms with Gasteiger partial charge in [-0.2, -0.15) is 0 Å². The van der Waals surface area contributed by atoms with Gasteiger partial charge in [0, 0.05) is 11.6 Å². The molecule has 1 atom stereocenters. The first-order valence-corrected chi connectivity index (χ1v) is 17.7. The zero-order valence-electron chi connectivity index (χ0n) is 25.6. The van der Waals surface area contributed by atoms with Gasteiger partial charge in [0.1, 0.15) is 5.60 Å². The van der Waals surface area contributed by atoms with Gasteiger partial charge in [0.05, 0.1) is 46.6 Å². The van der Waals surface area contributed by atoms with Gasteiger partial charge < -0.3 is 19.5 Å². The van der Waals surface area contributed by atoms with Crippen LogP contribution in [0.4, 0.5) is 10.5 Å². The van der Waals surface area contributed by atoms with E-state index in [0.717, 1.165) is 12.3 Å². The van der Waals surface area contributed by atoms with Gasteiger partial charge in [-0.15, -0.1) is 0 Å². The number of nitrogens with zero attached hydrogens (tertiary/aromatic N) is 1. The molecule has 3 aromatic rings. The average molecular weight is 681 g/mol. The molecule has 0 aliphatic carbocycles. The average Bonchev–Trinajstić information content (AvgIpc) is 2.93. The Balaban J connectivity index is 1.82. The highest BCUT2D eigenvalue weighted by Gasteiger charge is 2.26. The molecule has 0 saturated heterocycles. The highest BCUT2D eigenvalue weighted by Crippen LogP contribution is 2.27. The number of halogens is 1. The number of carbonyl (C=O) groups excluding carboxylic acids is 2. The van der Waals surface area contributed by atoms with E-state index < -0.39 is 43.6 Å². The van der Waals surface area contributed by atoms with Crippen molar-refractivity contribution in [2.24, 2.45) is 0 Å². The molecule has 0 aliphatic heterocycles. The number of sulfonamides is 1. The van der Waals surface area contributed by atoms with E-state index >= 15 is 0 Å². The molecule has 1 amide bonds. The van der Waals surface area contributed by atoms with Crippen LogP contribution in [0, 0.1) is 0 Å². The molecule has 0 heterocycles. The van der Waals surface area contributed by atoms with Crippen LogP contribution in [0.15, 0.2) is 76.5 Å². The molecule has 0 aromatic heterocycles. The molecule has 0 aliphatic rings. The summed E-state index contributed by atoms with van der Waals surface area (Å²) < 4.78 is 63.1. The molecule has 2 N–H and O–H groups in total. The van der Waals surface area contributed by atoms with Gasteiger partial charge in [0.2, 0.25) is 19.9 Å². The maximum atomic E-state index is 13.4. The van der Waals surface area contributed by atoms with Crippen LogP contribution < -0.4 is 4.72 Å². The second-order valence-electron chi connectivity index (χ2n) is 11.2. The number of nitrogens with one attached hydrogen (secondary N) is 1. The zero-order chi connectivity index (χ0) is 33.6. The van der Waals surface area contributed by atoms with E-state index in [1.54, 1.807) is 64.1 Å². The third kappa shape index (κ3) is 10.5. The minimum absolute atomic E-state index is 0.000507. The normalized spacial score (nSPS) is 12.7. The molecule has 0 bridgehead atoms. The molecule has 0 radical (unpaired) electrons. The standard InChI is InChI=1S/C31H37ClN2O9S2/c1-6-42-29(36)26-19-25(14-15-27(26)33-44(5,38)39)45(40,41)24-12-10-21(11-13-24)16-17-34(30(37)43-31(2,3)4)20-28(35)22-8-7-9-23(32)18-22/h7-15,18-19,28,33,35H,6,16-17,20H2,1-5H3/t28-/m0/s1. The Morgan fingerprint density at radius 1 is 0.978 bits per heavy atom. The number of aliphatic hydroxyl groups is 1. The topological polar surface area (TPSA) is 156 Å². The van der Waals surface area contributed by atoms with E-state index in [2.05, 4.69) is 4.72 Å². The number of ether oxygens (including phenoxy) is 2. The van der Waals surface area contributed by atoms with E-state index in [1.807, 2.05) is 0 Å². The Morgan fingerprint density at radius 3 is 2.20 bits per heavy atom. The Hall–Kier alpha value is -3.65. The summed E-state index contributed by atoms with van der Waals surface area (Å²) >= 11 is 6.06. The van der Waals surface area contributed by atoms with Crippen LogP contribution >= 0.6 is 11.6 Å². The molecule has 0 fully saturated rings. The predicted octanol–water partition coefficient (Wildman–Crippen LogP) is 5.23. The van der Waals surface area contributed by atoms with Crippen molar-refractivity contribution in [3.05, 3.63) is 88.4 Å². The van der Waals surface area contributed by atoms with Crippen molar-refractivity contribution in [1.82, 2.24) is 4.90 Å². The number of aliphatic hydroxyl groups excluding tert-OH is 1. The van der Waals surface area contributed by atoms with E-state index in [9.17, 15) is 31.5 Å². The van der Waals surface area contributed by atoms with Gasteiger partial charge >= 0.3 is 12.1 Å². The molecule has 3 aromatic carbocycles. The summed E-state index contributed by atoms with van der Waals surface area (Å²) in [5, 5.41) is 11.3. The summed E-state index contributed by atoms with van der Waals surface area (Å²) in [5.41, 5.74) is 0.123. The Morgan fingerprint density at radius 2 is 1.62 bits per heavy atom. The zero-order valence-corrected chi connectivity index (χ0v) is 28.0. The fourth-order valence-corrected chi connectivity index (χ4v) is 6.27. The number of anilines is 1. The molecule has 244 valence electrons. The summed E-state index contributed by atoms with van der Waals surface area (Å²) in [6.45, 7) is 6.88. The summed E-state index contributed by atoms with van der Waals surface area (Å²) in [7, 11) is -7.88. The molecule has 0 unspecified atom stereocenters. The van der Waals surface area contributed by atoms with Crippen LogP contribution in [0.5, 0.6) is 0 Å². The van der Waals surface area contributed by atoms with Crippen LogP contribution in [-0.4, -0.2) is 70.5 Å². The van der Waals surface area contributed by atoms with E-state index in [4.69, 9.17) is 21.1 Å². The fourth-order valence-electron chi connectivity index (χ4n) is 4.20. The Bertz CT molecular complexity index is 1740. The number of sulfone groups is 1. The van der Waals surface area contributed by atoms with E-state index in [1.165, 1.54) is 29.2 Å². The first-order valence-electron chi connectivity index (χ1n) is 13.9. The number of rotatable bonds is 12. The van der Waals surface area contributed by atoms with Crippen LogP contribution in [0.3, 0.4) is 0 Å². The molecule has 0 saturated carbocycles. The van der Waals surface area contributed by atoms with Crippen molar-refractivity contribution in [2.75, 3.05) is 30.7 Å². The lowest BCUT2D eigenvalue weighted by Gasteiger charge is -2.29. The van der Waals surface area contributed by atoms with Gasteiger partial charge in [-0.05, 0) is 87.7 Å². The Kier molecular flexibility index (Phi) is 11.6. The maximum absolute atomic E-state index is 13.4. The summed E-state index contributed by atoms with van der Waals surface area (Å²) in [5.74, 6) is -0.883. The van der Waals surface area contributed by atoms with E-state index in [0.29, 0.717) is 22.6 Å². The highest BCUT2D eigenvalue weighted by molar-refractivity contribution is 7.92. The minimum atomic E-state index is -4.12. The number of esters is 1. The van der Waals surface area contributed by atoms with Crippen molar-refractivity contribution < 1.29 is 41.0 Å². The SMILES string of the molecule is CCOC(=O)c1cc(S(=O)(=O)c2ccc(CCN(C[C@H](O)c3cccc(Cl)c3)C(=O)OC(C)(C)C)cc2)ccc1NS(C)(=O)=O. The van der Waals surface area contributed by atoms with Crippen molar-refractivity contribution in [1.29, 1.82) is 0 Å². The lowest BCUT2D eigenvalue weighted by atomic mass is 10.1. The number of benzene rings is 3. The number of hydrogen-bond acceptors (Lipinski definition) is 9. The first kappa shape index (κ1) is 35.8. The summed E-state index contributed by atoms with van der Waals surface area (Å²) in [6, 6.07) is 16.1. The second-order valence-corrected chi connectivity index (χ2v) is 15.3. The third-order valence-electron chi connectivity index (χ3n) is 6.27. The number of amides is 1. The van der Waals surface area contributed by atoms with Gasteiger partial charge in [-0.1, -0.05) is 35.9 Å². The summed E-state index contributed by atoms with van der Waals surface area (Å²) in [4.78, 5) is 26.6. The summed E-state index contributed by atoms with van der Waals surface area (Å²) in [6.07, 6.45) is -0.417. The van der Waals surface area contributed by atoms with Gasteiger partial charge in [0.15, 0.2) is 0 Å². The van der Waals surface area contributed by atoms with Crippen molar-refractivity contribution in [2.45, 2.75) is 55.6 Å². The number of hydrogen-bond donors (Lipinski definition) is 2. The maximum Gasteiger partial charge on any atom is 0.410 e. The predicted molar refractivity (Wildman–Crippen MR) is 171 cm³/mol. The number of carbonyl (C=O) groups is 2. The van der Waals surface area contributed by atoms with Gasteiger partial charge in [0.25, 0.3) is 0 Å². The van der Waals surface area contributed by atoms with Crippen LogP contribution in [0.1, 0.15) is 55.3 Å². The monoisotopic (exact) mass is 680 g/mol. The molecular formula is C31H37ClN2O9S2. The van der Waals surface area contributed by atoms with Crippen molar-refractivity contribution >= 4 is 49.2 Å². The van der Waals surface area contributed by atoms with Crippen LogP contribution in [0.2, 0.25) is 5.02 Å². The van der Waals surface area contributed by atoms with Crippen molar-refractivity contribution in [3.8, 4) is 0 Å². The molecule has 0 spiro atoms. The van der Waals surface area contributed by atoms with Gasteiger partial charge in [-0.25, -0.2) is 26.4 Å². The van der Waals surface area contributed by atoms with Crippen molar-refractivity contribution in [3.63, 3.8) is 0 Å². The van der Waals surface area contributed by atoms with Gasteiger partial charge in [-0.3, -0.25) is 4.72 Å².